The number of carbonyl (C=O) groups is 1. The Bertz CT molecular complexity index is 1310. The second kappa shape index (κ2) is 9.01. The molecule has 1 atom stereocenters. The Balaban J connectivity index is 1.51. The van der Waals surface area contributed by atoms with E-state index in [1.807, 2.05) is 19.1 Å². The summed E-state index contributed by atoms with van der Waals surface area (Å²) in [5.41, 5.74) is 6.55. The third kappa shape index (κ3) is 3.98. The van der Waals surface area contributed by atoms with E-state index >= 15 is 0 Å². The normalized spacial score (nSPS) is 18.7. The molecule has 3 heterocycles. The van der Waals surface area contributed by atoms with E-state index in [2.05, 4.69) is 29.3 Å². The lowest BCUT2D eigenvalue weighted by Gasteiger charge is -2.23. The van der Waals surface area contributed by atoms with Crippen LogP contribution in [-0.2, 0) is 34.4 Å². The summed E-state index contributed by atoms with van der Waals surface area (Å²) in [5.74, 6) is 0.698. The van der Waals surface area contributed by atoms with Gasteiger partial charge >= 0.3 is 7.41 Å². The smallest absolute Gasteiger partial charge is 0.329 e. The van der Waals surface area contributed by atoms with E-state index in [4.69, 9.17) is 9.72 Å². The third-order valence-electron chi connectivity index (χ3n) is 6.68. The van der Waals surface area contributed by atoms with Gasteiger partial charge in [0.15, 0.2) is 0 Å². The van der Waals surface area contributed by atoms with Crippen LogP contribution in [0.3, 0.4) is 0 Å². The van der Waals surface area contributed by atoms with Crippen LogP contribution in [-0.4, -0.2) is 48.4 Å². The maximum atomic E-state index is 11.2. The molecule has 5 rings (SSSR count). The number of hydrogen-bond donors (Lipinski definition) is 1. The van der Waals surface area contributed by atoms with Crippen molar-refractivity contribution in [2.75, 3.05) is 24.6 Å². The summed E-state index contributed by atoms with van der Waals surface area (Å²) < 4.78 is 5.53. The fourth-order valence-corrected chi connectivity index (χ4v) is 4.87. The molecule has 169 valence electrons. The van der Waals surface area contributed by atoms with Gasteiger partial charge in [0.05, 0.1) is 31.1 Å². The molecule has 0 spiro atoms. The largest absolute Gasteiger partial charge is 0.410 e. The number of carbonyl (C=O) groups excluding carboxylic acids is 1. The lowest BCUT2D eigenvalue weighted by atomic mass is 9.83. The van der Waals surface area contributed by atoms with Gasteiger partial charge in [0.2, 0.25) is 0 Å². The van der Waals surface area contributed by atoms with Gasteiger partial charge in [0.25, 0.3) is 0 Å². The number of fused-ring (bicyclic) bond motifs is 2. The highest BCUT2D eigenvalue weighted by atomic mass is 16.5. The van der Waals surface area contributed by atoms with Gasteiger partial charge in [0.1, 0.15) is 18.1 Å². The number of nitrogens with zero attached hydrogens (tertiary/aromatic N) is 4. The van der Waals surface area contributed by atoms with Gasteiger partial charge in [0, 0.05) is 35.8 Å². The van der Waals surface area contributed by atoms with Crippen molar-refractivity contribution in [2.45, 2.75) is 31.8 Å². The number of aliphatic hydroxyl groups is 1. The molecule has 34 heavy (non-hydrogen) atoms. The molecule has 2 aliphatic heterocycles. The summed E-state index contributed by atoms with van der Waals surface area (Å²) in [6.07, 6.45) is 3.96. The predicted octanol–water partition coefficient (Wildman–Crippen LogP) is 2.56. The summed E-state index contributed by atoms with van der Waals surface area (Å²) in [6, 6.07) is 14.3. The van der Waals surface area contributed by atoms with Gasteiger partial charge in [-0.2, -0.15) is 5.26 Å². The van der Waals surface area contributed by atoms with E-state index in [9.17, 15) is 15.2 Å². The zero-order valence-corrected chi connectivity index (χ0v) is 19.0. The average molecular weight is 451 g/mol. The van der Waals surface area contributed by atoms with E-state index in [0.717, 1.165) is 29.7 Å². The number of aliphatic hydroxyl groups excluding tert-OH is 1. The minimum absolute atomic E-state index is 0.101. The number of hydrogen-bond acceptors (Lipinski definition) is 7. The lowest BCUT2D eigenvalue weighted by Crippen LogP contribution is -2.36. The minimum atomic E-state index is -0.598. The fraction of sp³-hybridized carbons (Fsp3) is 0.308. The van der Waals surface area contributed by atoms with Gasteiger partial charge in [-0.1, -0.05) is 25.1 Å². The number of anilines is 1. The van der Waals surface area contributed by atoms with Gasteiger partial charge in [-0.05, 0) is 46.9 Å². The van der Waals surface area contributed by atoms with Crippen molar-refractivity contribution < 1.29 is 14.6 Å². The van der Waals surface area contributed by atoms with Gasteiger partial charge < -0.3 is 19.4 Å². The van der Waals surface area contributed by atoms with Crippen molar-refractivity contribution in [2.24, 2.45) is 0 Å². The molecule has 0 amide bonds. The minimum Gasteiger partial charge on any atom is -0.410 e. The molecule has 2 aromatic carbocycles. The van der Waals surface area contributed by atoms with Crippen LogP contribution in [0.2, 0.25) is 0 Å². The highest BCUT2D eigenvalue weighted by molar-refractivity contribution is 6.70. The molecule has 2 aliphatic rings. The number of aromatic nitrogens is 2. The molecule has 1 unspecified atom stereocenters. The number of rotatable bonds is 6. The molecule has 8 heteroatoms. The molecule has 0 fully saturated rings. The number of ether oxygens (including phenoxy) is 1. The Kier molecular flexibility index (Phi) is 5.90. The topological polar surface area (TPSA) is 99.3 Å². The summed E-state index contributed by atoms with van der Waals surface area (Å²) in [5, 5.41) is 20.0. The van der Waals surface area contributed by atoms with E-state index in [1.165, 1.54) is 18.5 Å². The maximum Gasteiger partial charge on any atom is 0.329 e. The standard InChI is InChI=1S/C26H24BN4O3/c1-26(15-32)14-31(27-16-33)25-21(12-28)10-20(11-22(25)26)23-4-6-29-24(30-23)9-17-2-3-19-13-34-7-5-18(19)8-17/h2-4,6,8,10-11,16,32H,5,7,9,13-15H2,1H3. The van der Waals surface area contributed by atoms with E-state index in [1.54, 1.807) is 17.1 Å². The summed E-state index contributed by atoms with van der Waals surface area (Å²) >= 11 is 0. The zero-order chi connectivity index (χ0) is 23.7. The second-order valence-corrected chi connectivity index (χ2v) is 9.10. The first-order chi connectivity index (χ1) is 16.5. The first-order valence-electron chi connectivity index (χ1n) is 11.3. The summed E-state index contributed by atoms with van der Waals surface area (Å²) in [7, 11) is 1.41. The molecular formula is C26H24BN4O3. The van der Waals surface area contributed by atoms with Crippen LogP contribution in [0.5, 0.6) is 0 Å². The molecule has 1 radical (unpaired) electrons. The van der Waals surface area contributed by atoms with Crippen LogP contribution in [0.25, 0.3) is 11.3 Å². The quantitative estimate of drug-likeness (QED) is 0.454. The molecule has 3 aromatic rings. The van der Waals surface area contributed by atoms with Crippen molar-refractivity contribution >= 4 is 19.3 Å². The van der Waals surface area contributed by atoms with Crippen molar-refractivity contribution in [3.05, 3.63) is 76.2 Å². The van der Waals surface area contributed by atoms with Crippen LogP contribution in [0, 0.1) is 11.3 Å². The number of benzene rings is 2. The Morgan fingerprint density at radius 1 is 1.29 bits per heavy atom. The van der Waals surface area contributed by atoms with Crippen LogP contribution in [0.4, 0.5) is 5.69 Å². The van der Waals surface area contributed by atoms with Crippen LogP contribution in [0.15, 0.2) is 42.6 Å². The Labute approximate surface area is 199 Å². The first kappa shape index (κ1) is 22.3. The highest BCUT2D eigenvalue weighted by Crippen LogP contribution is 2.44. The van der Waals surface area contributed by atoms with Crippen molar-refractivity contribution in [3.63, 3.8) is 0 Å². The molecule has 1 N–H and O–H groups in total. The SMILES string of the molecule is CC1(CO)CN([B]C=O)c2c(C#N)cc(-c3ccnc(Cc4ccc5c(c4)CCOC5)n3)cc21. The molecule has 1 aromatic heterocycles. The summed E-state index contributed by atoms with van der Waals surface area (Å²) in [4.78, 5) is 22.2. The average Bonchev–Trinajstić information content (AvgIpc) is 3.16. The van der Waals surface area contributed by atoms with Crippen molar-refractivity contribution in [3.8, 4) is 17.3 Å². The molecule has 0 aliphatic carbocycles. The van der Waals surface area contributed by atoms with E-state index < -0.39 is 5.41 Å². The number of nitriles is 1. The van der Waals surface area contributed by atoms with Crippen LogP contribution >= 0.6 is 0 Å². The molecule has 0 saturated heterocycles. The fourth-order valence-electron chi connectivity index (χ4n) is 4.87. The first-order valence-corrected chi connectivity index (χ1v) is 11.3. The lowest BCUT2D eigenvalue weighted by molar-refractivity contribution is 0.110. The Hall–Kier alpha value is -3.54. The Morgan fingerprint density at radius 3 is 2.97 bits per heavy atom. The zero-order valence-electron chi connectivity index (χ0n) is 19.0. The Morgan fingerprint density at radius 2 is 2.18 bits per heavy atom. The van der Waals surface area contributed by atoms with Gasteiger partial charge in [-0.25, -0.2) is 9.97 Å². The summed E-state index contributed by atoms with van der Waals surface area (Å²) in [6.45, 7) is 3.67. The van der Waals surface area contributed by atoms with Gasteiger partial charge in [-0.3, -0.25) is 0 Å². The molecule has 0 saturated carbocycles. The van der Waals surface area contributed by atoms with Crippen molar-refractivity contribution in [1.82, 2.24) is 9.97 Å². The van der Waals surface area contributed by atoms with E-state index in [-0.39, 0.29) is 6.61 Å². The second-order valence-electron chi connectivity index (χ2n) is 9.10. The maximum absolute atomic E-state index is 11.2. The third-order valence-corrected chi connectivity index (χ3v) is 6.68. The van der Waals surface area contributed by atoms with E-state index in [0.29, 0.717) is 48.5 Å². The van der Waals surface area contributed by atoms with Crippen LogP contribution in [0.1, 0.15) is 40.6 Å². The van der Waals surface area contributed by atoms with Crippen LogP contribution < -0.4 is 4.81 Å². The van der Waals surface area contributed by atoms with Gasteiger partial charge in [-0.15, -0.1) is 0 Å². The molecular weight excluding hydrogens is 427 g/mol. The van der Waals surface area contributed by atoms with Crippen molar-refractivity contribution in [1.29, 1.82) is 5.26 Å². The highest BCUT2D eigenvalue weighted by Gasteiger charge is 2.40. The molecule has 0 bridgehead atoms. The molecule has 7 nitrogen and oxygen atoms in total. The monoisotopic (exact) mass is 451 g/mol. The predicted molar refractivity (Wildman–Crippen MR) is 129 cm³/mol.